The number of fused-ring (bicyclic) bond motifs is 1. The largest absolute Gasteiger partial charge is 0.507 e. The lowest BCUT2D eigenvalue weighted by Crippen LogP contribution is -2.09. The van der Waals surface area contributed by atoms with Crippen LogP contribution in [0.2, 0.25) is 5.02 Å². The Hall–Kier alpha value is -3.58. The molecule has 28 heavy (non-hydrogen) atoms. The van der Waals surface area contributed by atoms with Crippen molar-refractivity contribution < 1.29 is 29.7 Å². The van der Waals surface area contributed by atoms with Crippen molar-refractivity contribution >= 4 is 46.0 Å². The van der Waals surface area contributed by atoms with Crippen molar-refractivity contribution in [2.45, 2.75) is 6.54 Å². The van der Waals surface area contributed by atoms with Crippen LogP contribution < -0.4 is 0 Å². The Balaban J connectivity index is 2.09. The van der Waals surface area contributed by atoms with Crippen LogP contribution in [0.25, 0.3) is 16.7 Å². The Labute approximate surface area is 163 Å². The minimum Gasteiger partial charge on any atom is -0.507 e. The van der Waals surface area contributed by atoms with Gasteiger partial charge in [-0.1, -0.05) is 23.7 Å². The molecule has 0 aliphatic heterocycles. The Kier molecular flexibility index (Phi) is 5.19. The third-order valence-electron chi connectivity index (χ3n) is 4.12. The lowest BCUT2D eigenvalue weighted by Gasteiger charge is -2.06. The molecule has 2 aromatic carbocycles. The highest BCUT2D eigenvalue weighted by atomic mass is 35.5. The van der Waals surface area contributed by atoms with E-state index in [2.05, 4.69) is 0 Å². The number of carbonyl (C=O) groups is 3. The van der Waals surface area contributed by atoms with Crippen LogP contribution in [0.5, 0.6) is 0 Å². The molecule has 0 aliphatic rings. The Morgan fingerprint density at radius 1 is 1.04 bits per heavy atom. The summed E-state index contributed by atoms with van der Waals surface area (Å²) in [5, 5.41) is 29.1. The standard InChI is InChI=1S/C20H14ClNO6/c21-13-4-5-16-14(7-13)15(17(23)8-18(24)20(27)28)10-22(16)9-11-2-1-3-12(6-11)19(25)26/h1-8,10,23H,9H2,(H,25,26)(H,27,28). The summed E-state index contributed by atoms with van der Waals surface area (Å²) in [6, 6.07) is 11.4. The van der Waals surface area contributed by atoms with Crippen molar-refractivity contribution in [2.24, 2.45) is 0 Å². The summed E-state index contributed by atoms with van der Waals surface area (Å²) in [5.41, 5.74) is 1.76. The van der Waals surface area contributed by atoms with E-state index in [0.29, 0.717) is 34.1 Å². The average Bonchev–Trinajstić information content (AvgIpc) is 2.99. The molecule has 0 spiro atoms. The van der Waals surface area contributed by atoms with Crippen LogP contribution in [0.1, 0.15) is 21.5 Å². The van der Waals surface area contributed by atoms with Gasteiger partial charge in [0.15, 0.2) is 0 Å². The number of hydrogen-bond acceptors (Lipinski definition) is 4. The summed E-state index contributed by atoms with van der Waals surface area (Å²) in [6.07, 6.45) is 2.18. The number of aliphatic hydroxyl groups is 1. The van der Waals surface area contributed by atoms with Gasteiger partial charge in [-0.05, 0) is 35.9 Å². The van der Waals surface area contributed by atoms with Crippen molar-refractivity contribution in [1.82, 2.24) is 4.57 Å². The third kappa shape index (κ3) is 3.89. The van der Waals surface area contributed by atoms with Crippen molar-refractivity contribution in [3.05, 3.63) is 76.5 Å². The molecule has 0 atom stereocenters. The van der Waals surface area contributed by atoms with E-state index in [4.69, 9.17) is 21.8 Å². The van der Waals surface area contributed by atoms with Crippen molar-refractivity contribution in [1.29, 1.82) is 0 Å². The first-order valence-corrected chi connectivity index (χ1v) is 8.43. The van der Waals surface area contributed by atoms with Crippen molar-refractivity contribution in [3.8, 4) is 0 Å². The van der Waals surface area contributed by atoms with E-state index in [9.17, 15) is 19.5 Å². The molecule has 3 aromatic rings. The Morgan fingerprint density at radius 2 is 1.79 bits per heavy atom. The number of hydrogen-bond donors (Lipinski definition) is 3. The maximum atomic E-state index is 11.4. The van der Waals surface area contributed by atoms with Crippen LogP contribution in [0.3, 0.4) is 0 Å². The van der Waals surface area contributed by atoms with Gasteiger partial charge >= 0.3 is 11.9 Å². The van der Waals surface area contributed by atoms with Crippen LogP contribution >= 0.6 is 11.6 Å². The second-order valence-corrected chi connectivity index (χ2v) is 6.47. The fourth-order valence-corrected chi connectivity index (χ4v) is 3.04. The summed E-state index contributed by atoms with van der Waals surface area (Å²) in [5.74, 6) is -4.48. The lowest BCUT2D eigenvalue weighted by atomic mass is 10.1. The van der Waals surface area contributed by atoms with Crippen LogP contribution in [0, 0.1) is 0 Å². The van der Waals surface area contributed by atoms with Gasteiger partial charge in [0.05, 0.1) is 5.56 Å². The van der Waals surface area contributed by atoms with E-state index < -0.39 is 23.5 Å². The molecule has 1 heterocycles. The lowest BCUT2D eigenvalue weighted by molar-refractivity contribution is -0.146. The number of carboxylic acids is 2. The number of carboxylic acid groups (broad SMARTS) is 2. The van der Waals surface area contributed by atoms with Gasteiger partial charge in [-0.25, -0.2) is 9.59 Å². The zero-order valence-electron chi connectivity index (χ0n) is 14.3. The number of aromatic carboxylic acids is 1. The molecule has 0 unspecified atom stereocenters. The Morgan fingerprint density at radius 3 is 2.46 bits per heavy atom. The molecule has 0 bridgehead atoms. The second kappa shape index (κ2) is 7.58. The summed E-state index contributed by atoms with van der Waals surface area (Å²) >= 11 is 6.04. The predicted molar refractivity (Wildman–Crippen MR) is 103 cm³/mol. The van der Waals surface area contributed by atoms with E-state index in [1.165, 1.54) is 12.1 Å². The summed E-state index contributed by atoms with van der Waals surface area (Å²) < 4.78 is 1.75. The molecular weight excluding hydrogens is 386 g/mol. The van der Waals surface area contributed by atoms with Gasteiger partial charge in [-0.3, -0.25) is 4.79 Å². The molecule has 0 radical (unpaired) electrons. The fourth-order valence-electron chi connectivity index (χ4n) is 2.87. The van der Waals surface area contributed by atoms with E-state index in [1.54, 1.807) is 41.1 Å². The van der Waals surface area contributed by atoms with E-state index in [0.717, 1.165) is 0 Å². The van der Waals surface area contributed by atoms with Gasteiger partial charge in [0.25, 0.3) is 5.78 Å². The van der Waals surface area contributed by atoms with Gasteiger partial charge < -0.3 is 19.9 Å². The summed E-state index contributed by atoms with van der Waals surface area (Å²) in [4.78, 5) is 33.3. The number of rotatable bonds is 6. The van der Waals surface area contributed by atoms with Gasteiger partial charge in [0.2, 0.25) is 0 Å². The number of aromatic nitrogens is 1. The smallest absolute Gasteiger partial charge is 0.376 e. The monoisotopic (exact) mass is 399 g/mol. The topological polar surface area (TPSA) is 117 Å². The van der Waals surface area contributed by atoms with Crippen LogP contribution in [0.15, 0.2) is 54.7 Å². The first-order chi connectivity index (χ1) is 13.3. The van der Waals surface area contributed by atoms with Gasteiger partial charge in [0.1, 0.15) is 5.76 Å². The molecule has 8 heteroatoms. The molecular formula is C20H14ClNO6. The first kappa shape index (κ1) is 19.2. The number of halogens is 1. The second-order valence-electron chi connectivity index (χ2n) is 6.04. The molecule has 0 fully saturated rings. The minimum absolute atomic E-state index is 0.145. The number of benzene rings is 2. The third-order valence-corrected chi connectivity index (χ3v) is 4.36. The summed E-state index contributed by atoms with van der Waals surface area (Å²) in [7, 11) is 0. The Bertz CT molecular complexity index is 1140. The molecule has 0 amide bonds. The number of carbonyl (C=O) groups excluding carboxylic acids is 1. The molecule has 7 nitrogen and oxygen atoms in total. The molecule has 142 valence electrons. The first-order valence-electron chi connectivity index (χ1n) is 8.05. The average molecular weight is 400 g/mol. The van der Waals surface area contributed by atoms with Crippen LogP contribution in [-0.2, 0) is 16.1 Å². The zero-order valence-corrected chi connectivity index (χ0v) is 15.1. The number of nitrogens with zero attached hydrogens (tertiary/aromatic N) is 1. The minimum atomic E-state index is -1.68. The normalized spacial score (nSPS) is 11.5. The molecule has 3 N–H and O–H groups in total. The van der Waals surface area contributed by atoms with E-state index in [-0.39, 0.29) is 11.1 Å². The fraction of sp³-hybridized carbons (Fsp3) is 0.0500. The molecule has 0 aliphatic carbocycles. The predicted octanol–water partition coefficient (Wildman–Crippen LogP) is 3.59. The highest BCUT2D eigenvalue weighted by Gasteiger charge is 2.16. The maximum absolute atomic E-state index is 11.4. The van der Waals surface area contributed by atoms with Gasteiger partial charge in [-0.2, -0.15) is 0 Å². The SMILES string of the molecule is O=C(O)C(=O)C=C(O)c1cn(Cc2cccc(C(=O)O)c2)c2ccc(Cl)cc12. The molecule has 1 aromatic heterocycles. The summed E-state index contributed by atoms with van der Waals surface area (Å²) in [6.45, 7) is 0.291. The van der Waals surface area contributed by atoms with Crippen LogP contribution in [-0.4, -0.2) is 37.6 Å². The number of ketones is 1. The maximum Gasteiger partial charge on any atom is 0.376 e. The molecule has 3 rings (SSSR count). The highest BCUT2D eigenvalue weighted by Crippen LogP contribution is 2.29. The highest BCUT2D eigenvalue weighted by molar-refractivity contribution is 6.38. The number of aliphatic carboxylic acids is 1. The van der Waals surface area contributed by atoms with Crippen LogP contribution in [0.4, 0.5) is 0 Å². The molecule has 0 saturated heterocycles. The van der Waals surface area contributed by atoms with Crippen molar-refractivity contribution in [3.63, 3.8) is 0 Å². The number of aliphatic hydroxyl groups excluding tert-OH is 1. The van der Waals surface area contributed by atoms with Gasteiger partial charge in [-0.15, -0.1) is 0 Å². The quantitative estimate of drug-likeness (QED) is 0.331. The van der Waals surface area contributed by atoms with Crippen molar-refractivity contribution in [2.75, 3.05) is 0 Å². The van der Waals surface area contributed by atoms with E-state index >= 15 is 0 Å². The molecule has 0 saturated carbocycles. The van der Waals surface area contributed by atoms with Gasteiger partial charge in [0, 0.05) is 40.3 Å². The van der Waals surface area contributed by atoms with E-state index in [1.807, 2.05) is 0 Å². The zero-order chi connectivity index (χ0) is 20.4.